The van der Waals surface area contributed by atoms with E-state index in [2.05, 4.69) is 20.5 Å². The summed E-state index contributed by atoms with van der Waals surface area (Å²) in [5.74, 6) is 0.462. The van der Waals surface area contributed by atoms with Crippen LogP contribution in [0.3, 0.4) is 0 Å². The Hall–Kier alpha value is -3.23. The zero-order valence-electron chi connectivity index (χ0n) is 18.4. The zero-order chi connectivity index (χ0) is 22.9. The van der Waals surface area contributed by atoms with E-state index >= 15 is 0 Å². The number of hydrazone groups is 1. The maximum Gasteiger partial charge on any atom is 0.271 e. The minimum atomic E-state index is -0.266. The van der Waals surface area contributed by atoms with Crippen molar-refractivity contribution in [2.24, 2.45) is 5.10 Å². The third kappa shape index (κ3) is 6.90. The van der Waals surface area contributed by atoms with Gasteiger partial charge in [0.15, 0.2) is 5.16 Å². The molecule has 7 nitrogen and oxygen atoms in total. The van der Waals surface area contributed by atoms with Crippen LogP contribution in [0.5, 0.6) is 0 Å². The molecule has 1 aromatic heterocycles. The Kier molecular flexibility index (Phi) is 8.35. The summed E-state index contributed by atoms with van der Waals surface area (Å²) in [6.07, 6.45) is 1.60. The van der Waals surface area contributed by atoms with E-state index in [-0.39, 0.29) is 12.5 Å². The molecule has 3 rings (SSSR count). The average molecular weight is 450 g/mol. The number of anilines is 1. The highest BCUT2D eigenvalue weighted by Crippen LogP contribution is 2.20. The van der Waals surface area contributed by atoms with Gasteiger partial charge in [-0.05, 0) is 55.3 Å². The number of aliphatic hydroxyl groups is 1. The number of thioether (sulfide) groups is 1. The van der Waals surface area contributed by atoms with E-state index in [1.807, 2.05) is 68.3 Å². The lowest BCUT2D eigenvalue weighted by atomic mass is 10.1. The SMILES string of the molecule is Cc1cc(C)nc(SCc2ccc(C(=O)NN=Cc3ccc(N(C)CCO)cc3)cc2)n1. The molecule has 0 fully saturated rings. The summed E-state index contributed by atoms with van der Waals surface area (Å²) < 4.78 is 0. The van der Waals surface area contributed by atoms with Gasteiger partial charge in [-0.2, -0.15) is 5.10 Å². The molecule has 1 amide bonds. The van der Waals surface area contributed by atoms with Crippen molar-refractivity contribution in [1.29, 1.82) is 0 Å². The summed E-state index contributed by atoms with van der Waals surface area (Å²) in [5.41, 5.74) is 7.97. The average Bonchev–Trinajstić information content (AvgIpc) is 2.78. The Labute approximate surface area is 192 Å². The van der Waals surface area contributed by atoms with Crippen molar-refractivity contribution in [2.75, 3.05) is 25.1 Å². The summed E-state index contributed by atoms with van der Waals surface area (Å²) in [6, 6.07) is 17.1. The zero-order valence-corrected chi connectivity index (χ0v) is 19.3. The minimum absolute atomic E-state index is 0.104. The van der Waals surface area contributed by atoms with Crippen LogP contribution in [0.4, 0.5) is 5.69 Å². The molecule has 2 aromatic carbocycles. The first-order chi connectivity index (χ1) is 15.4. The molecule has 0 saturated heterocycles. The number of nitrogens with one attached hydrogen (secondary N) is 1. The second-order valence-electron chi connectivity index (χ2n) is 7.35. The lowest BCUT2D eigenvalue weighted by Gasteiger charge is -2.17. The van der Waals surface area contributed by atoms with E-state index in [1.54, 1.807) is 30.1 Å². The van der Waals surface area contributed by atoms with Crippen molar-refractivity contribution in [2.45, 2.75) is 24.8 Å². The number of aryl methyl sites for hydroxylation is 2. The molecule has 0 bridgehead atoms. The van der Waals surface area contributed by atoms with Gasteiger partial charge in [0, 0.05) is 42.0 Å². The molecule has 0 saturated carbocycles. The van der Waals surface area contributed by atoms with Crippen molar-refractivity contribution in [3.63, 3.8) is 0 Å². The molecule has 0 unspecified atom stereocenters. The van der Waals surface area contributed by atoms with Crippen molar-refractivity contribution >= 4 is 29.6 Å². The lowest BCUT2D eigenvalue weighted by Crippen LogP contribution is -2.20. The number of hydrogen-bond acceptors (Lipinski definition) is 7. The second-order valence-corrected chi connectivity index (χ2v) is 8.30. The summed E-state index contributed by atoms with van der Waals surface area (Å²) in [5, 5.41) is 13.8. The van der Waals surface area contributed by atoms with Gasteiger partial charge in [0.2, 0.25) is 0 Å². The highest BCUT2D eigenvalue weighted by atomic mass is 32.2. The first-order valence-corrected chi connectivity index (χ1v) is 11.2. The third-order valence-electron chi connectivity index (χ3n) is 4.69. The van der Waals surface area contributed by atoms with Crippen LogP contribution in [0.1, 0.15) is 32.9 Å². The first kappa shape index (κ1) is 23.4. The lowest BCUT2D eigenvalue weighted by molar-refractivity contribution is 0.0955. The standard InChI is InChI=1S/C24H27N5O2S/c1-17-14-18(2)27-24(26-17)32-16-20-4-8-21(9-5-20)23(31)28-25-15-19-6-10-22(11-7-19)29(3)12-13-30/h4-11,14-15,30H,12-13,16H2,1-3H3,(H,28,31). The minimum Gasteiger partial charge on any atom is -0.395 e. The molecule has 1 heterocycles. The maximum atomic E-state index is 12.3. The van der Waals surface area contributed by atoms with Crippen LogP contribution >= 0.6 is 11.8 Å². The van der Waals surface area contributed by atoms with Crippen molar-refractivity contribution in [1.82, 2.24) is 15.4 Å². The van der Waals surface area contributed by atoms with Gasteiger partial charge in [-0.15, -0.1) is 0 Å². The largest absolute Gasteiger partial charge is 0.395 e. The molecule has 0 radical (unpaired) electrons. The molecule has 8 heteroatoms. The molecule has 0 atom stereocenters. The quantitative estimate of drug-likeness (QED) is 0.225. The predicted molar refractivity (Wildman–Crippen MR) is 129 cm³/mol. The van der Waals surface area contributed by atoms with Gasteiger partial charge in [0.05, 0.1) is 12.8 Å². The number of nitrogens with zero attached hydrogens (tertiary/aromatic N) is 4. The molecule has 2 N–H and O–H groups in total. The fourth-order valence-corrected chi connectivity index (χ4v) is 3.89. The predicted octanol–water partition coefficient (Wildman–Crippen LogP) is 3.58. The Morgan fingerprint density at radius 3 is 2.38 bits per heavy atom. The second kappa shape index (κ2) is 11.4. The molecular weight excluding hydrogens is 422 g/mol. The summed E-state index contributed by atoms with van der Waals surface area (Å²) in [7, 11) is 1.92. The molecule has 0 aliphatic heterocycles. The highest BCUT2D eigenvalue weighted by Gasteiger charge is 2.06. The van der Waals surface area contributed by atoms with Gasteiger partial charge in [-0.3, -0.25) is 4.79 Å². The Morgan fingerprint density at radius 1 is 1.09 bits per heavy atom. The first-order valence-electron chi connectivity index (χ1n) is 10.2. The molecule has 3 aromatic rings. The molecule has 166 valence electrons. The van der Waals surface area contributed by atoms with Crippen molar-refractivity contribution < 1.29 is 9.90 Å². The van der Waals surface area contributed by atoms with Crippen LogP contribution in [0, 0.1) is 13.8 Å². The van der Waals surface area contributed by atoms with Crippen LogP contribution in [-0.2, 0) is 5.75 Å². The number of amides is 1. The third-order valence-corrected chi connectivity index (χ3v) is 5.61. The van der Waals surface area contributed by atoms with Gasteiger partial charge in [0.1, 0.15) is 0 Å². The molecular formula is C24H27N5O2S. The number of likely N-dealkylation sites (N-methyl/N-ethyl adjacent to an activating group) is 1. The fraction of sp³-hybridized carbons (Fsp3) is 0.250. The monoisotopic (exact) mass is 449 g/mol. The van der Waals surface area contributed by atoms with Gasteiger partial charge in [-0.25, -0.2) is 15.4 Å². The van der Waals surface area contributed by atoms with E-state index in [4.69, 9.17) is 5.11 Å². The summed E-state index contributed by atoms with van der Waals surface area (Å²) in [4.78, 5) is 23.2. The Morgan fingerprint density at radius 2 is 1.75 bits per heavy atom. The number of carbonyl (C=O) groups excluding carboxylic acids is 1. The van der Waals surface area contributed by atoms with Gasteiger partial charge >= 0.3 is 0 Å². The van der Waals surface area contributed by atoms with Gasteiger partial charge in [-0.1, -0.05) is 36.0 Å². The fourth-order valence-electron chi connectivity index (χ4n) is 2.98. The van der Waals surface area contributed by atoms with Crippen molar-refractivity contribution in [3.05, 3.63) is 82.7 Å². The van der Waals surface area contributed by atoms with Crippen LogP contribution in [0.2, 0.25) is 0 Å². The number of hydrogen-bond donors (Lipinski definition) is 2. The van der Waals surface area contributed by atoms with Gasteiger partial charge in [0.25, 0.3) is 5.91 Å². The normalized spacial score (nSPS) is 11.0. The number of benzene rings is 2. The van der Waals surface area contributed by atoms with Crippen LogP contribution in [0.25, 0.3) is 0 Å². The van der Waals surface area contributed by atoms with Crippen molar-refractivity contribution in [3.8, 4) is 0 Å². The van der Waals surface area contributed by atoms with Crippen LogP contribution in [-0.4, -0.2) is 47.4 Å². The number of carbonyl (C=O) groups is 1. The van der Waals surface area contributed by atoms with E-state index in [9.17, 15) is 4.79 Å². The van der Waals surface area contributed by atoms with Crippen LogP contribution < -0.4 is 10.3 Å². The smallest absolute Gasteiger partial charge is 0.271 e. The maximum absolute atomic E-state index is 12.3. The van der Waals surface area contributed by atoms with E-state index in [0.717, 1.165) is 39.1 Å². The van der Waals surface area contributed by atoms with E-state index < -0.39 is 0 Å². The van der Waals surface area contributed by atoms with E-state index in [1.165, 1.54) is 0 Å². The molecule has 0 spiro atoms. The topological polar surface area (TPSA) is 90.7 Å². The summed E-state index contributed by atoms with van der Waals surface area (Å²) >= 11 is 1.57. The Balaban J connectivity index is 1.51. The molecule has 0 aliphatic carbocycles. The number of aliphatic hydroxyl groups excluding tert-OH is 1. The highest BCUT2D eigenvalue weighted by molar-refractivity contribution is 7.98. The van der Waals surface area contributed by atoms with Gasteiger partial charge < -0.3 is 10.0 Å². The number of aromatic nitrogens is 2. The molecule has 32 heavy (non-hydrogen) atoms. The van der Waals surface area contributed by atoms with E-state index in [0.29, 0.717) is 12.1 Å². The number of rotatable bonds is 9. The molecule has 0 aliphatic rings. The Bertz CT molecular complexity index is 1050. The summed E-state index contributed by atoms with van der Waals surface area (Å²) in [6.45, 7) is 4.59. The van der Waals surface area contributed by atoms with Crippen LogP contribution in [0.15, 0.2) is 64.9 Å².